The fraction of sp³-hybridized carbons (Fsp3) is 0.292. The van der Waals surface area contributed by atoms with Crippen molar-refractivity contribution in [3.8, 4) is 28.0 Å². The normalized spacial score (nSPS) is 15.0. The minimum Gasteiger partial charge on any atom is -0.508 e. The third-order valence-corrected chi connectivity index (χ3v) is 5.65. The number of halogens is 1. The van der Waals surface area contributed by atoms with Crippen LogP contribution in [0, 0.1) is 19.7 Å². The van der Waals surface area contributed by atoms with Crippen LogP contribution in [0.4, 0.5) is 10.1 Å². The third kappa shape index (κ3) is 3.96. The number of nitrogens with two attached hydrogens (primary N) is 1. The molecule has 1 aliphatic heterocycles. The highest BCUT2D eigenvalue weighted by Crippen LogP contribution is 2.41. The number of benzene rings is 2. The van der Waals surface area contributed by atoms with E-state index in [0.717, 1.165) is 65.0 Å². The highest BCUT2D eigenvalue weighted by Gasteiger charge is 2.23. The van der Waals surface area contributed by atoms with Crippen LogP contribution in [-0.2, 0) is 0 Å². The van der Waals surface area contributed by atoms with E-state index in [4.69, 9.17) is 5.73 Å². The first-order chi connectivity index (χ1) is 13.9. The van der Waals surface area contributed by atoms with Crippen LogP contribution in [0.3, 0.4) is 0 Å². The molecule has 0 radical (unpaired) electrons. The number of rotatable bonds is 3. The lowest BCUT2D eigenvalue weighted by molar-refractivity contribution is 0.471. The first kappa shape index (κ1) is 19.4. The molecule has 2 aromatic carbocycles. The van der Waals surface area contributed by atoms with E-state index in [-0.39, 0.29) is 17.6 Å². The molecule has 0 atom stereocenters. The Hall–Kier alpha value is -2.92. The maximum absolute atomic E-state index is 14.2. The zero-order chi connectivity index (χ0) is 20.5. The third-order valence-electron chi connectivity index (χ3n) is 5.65. The van der Waals surface area contributed by atoms with Crippen LogP contribution in [0.15, 0.2) is 48.8 Å². The number of anilines is 1. The Morgan fingerprint density at radius 2 is 1.69 bits per heavy atom. The Balaban J connectivity index is 1.92. The SMILES string of the molecule is Cc1cc(F)cc(-c2cncc(-c3ccc(C)c(O)c3)c2N2CCC(N)CC2)c1. The van der Waals surface area contributed by atoms with Crippen molar-refractivity contribution < 1.29 is 9.50 Å². The van der Waals surface area contributed by atoms with Crippen molar-refractivity contribution in [3.05, 3.63) is 65.7 Å². The van der Waals surface area contributed by atoms with Crippen molar-refractivity contribution in [2.75, 3.05) is 18.0 Å². The first-order valence-electron chi connectivity index (χ1n) is 9.98. The highest BCUT2D eigenvalue weighted by atomic mass is 19.1. The Morgan fingerprint density at radius 1 is 1.00 bits per heavy atom. The summed E-state index contributed by atoms with van der Waals surface area (Å²) < 4.78 is 14.2. The van der Waals surface area contributed by atoms with Crippen molar-refractivity contribution in [1.82, 2.24) is 4.98 Å². The predicted molar refractivity (Wildman–Crippen MR) is 116 cm³/mol. The number of aromatic nitrogens is 1. The van der Waals surface area contributed by atoms with Gasteiger partial charge in [-0.25, -0.2) is 4.39 Å². The highest BCUT2D eigenvalue weighted by molar-refractivity contribution is 5.90. The number of nitrogens with zero attached hydrogens (tertiary/aromatic N) is 2. The number of aromatic hydroxyl groups is 1. The number of pyridine rings is 1. The van der Waals surface area contributed by atoms with E-state index in [1.165, 1.54) is 6.07 Å². The summed E-state index contributed by atoms with van der Waals surface area (Å²) in [5.41, 5.74) is 12.3. The molecule has 1 aromatic heterocycles. The maximum Gasteiger partial charge on any atom is 0.124 e. The van der Waals surface area contributed by atoms with Gasteiger partial charge in [0.05, 0.1) is 5.69 Å². The van der Waals surface area contributed by atoms with E-state index < -0.39 is 0 Å². The number of phenols is 1. The van der Waals surface area contributed by atoms with Crippen molar-refractivity contribution in [1.29, 1.82) is 0 Å². The smallest absolute Gasteiger partial charge is 0.124 e. The molecule has 150 valence electrons. The number of hydrogen-bond acceptors (Lipinski definition) is 4. The maximum atomic E-state index is 14.2. The molecule has 3 aromatic rings. The number of piperidine rings is 1. The Morgan fingerprint density at radius 3 is 2.34 bits per heavy atom. The number of phenolic OH excluding ortho intramolecular Hbond substituents is 1. The molecule has 1 aliphatic rings. The van der Waals surface area contributed by atoms with E-state index in [9.17, 15) is 9.50 Å². The largest absolute Gasteiger partial charge is 0.508 e. The van der Waals surface area contributed by atoms with Gasteiger partial charge in [-0.05, 0) is 67.1 Å². The second-order valence-electron chi connectivity index (χ2n) is 7.93. The van der Waals surface area contributed by atoms with Gasteiger partial charge in [0.2, 0.25) is 0 Å². The van der Waals surface area contributed by atoms with Gasteiger partial charge >= 0.3 is 0 Å². The molecule has 4 rings (SSSR count). The van der Waals surface area contributed by atoms with Gasteiger partial charge in [0.1, 0.15) is 11.6 Å². The van der Waals surface area contributed by atoms with Gasteiger partial charge in [-0.3, -0.25) is 4.98 Å². The van der Waals surface area contributed by atoms with E-state index >= 15 is 0 Å². The average Bonchev–Trinajstić information content (AvgIpc) is 2.69. The monoisotopic (exact) mass is 391 g/mol. The minimum absolute atomic E-state index is 0.208. The van der Waals surface area contributed by atoms with E-state index in [2.05, 4.69) is 9.88 Å². The van der Waals surface area contributed by atoms with Crippen LogP contribution in [0.2, 0.25) is 0 Å². The molecule has 4 nitrogen and oxygen atoms in total. The van der Waals surface area contributed by atoms with Crippen molar-refractivity contribution in [2.24, 2.45) is 5.73 Å². The lowest BCUT2D eigenvalue weighted by atomic mass is 9.94. The summed E-state index contributed by atoms with van der Waals surface area (Å²) >= 11 is 0. The van der Waals surface area contributed by atoms with Gasteiger partial charge in [-0.2, -0.15) is 0 Å². The number of hydrogen-bond donors (Lipinski definition) is 2. The Bertz CT molecular complexity index is 1020. The summed E-state index contributed by atoms with van der Waals surface area (Å²) in [7, 11) is 0. The fourth-order valence-electron chi connectivity index (χ4n) is 4.01. The van der Waals surface area contributed by atoms with Crippen LogP contribution < -0.4 is 10.6 Å². The molecule has 1 saturated heterocycles. The summed E-state index contributed by atoms with van der Waals surface area (Å²) in [5, 5.41) is 10.3. The topological polar surface area (TPSA) is 62.4 Å². The van der Waals surface area contributed by atoms with Gasteiger partial charge < -0.3 is 15.7 Å². The van der Waals surface area contributed by atoms with E-state index in [0.29, 0.717) is 0 Å². The Labute approximate surface area is 170 Å². The van der Waals surface area contributed by atoms with Crippen LogP contribution in [0.25, 0.3) is 22.3 Å². The number of aryl methyl sites for hydroxylation is 2. The summed E-state index contributed by atoms with van der Waals surface area (Å²) in [6.07, 6.45) is 5.43. The molecule has 0 bridgehead atoms. The minimum atomic E-state index is -0.259. The van der Waals surface area contributed by atoms with Gasteiger partial charge in [0, 0.05) is 42.7 Å². The standard InChI is InChI=1S/C24H26FN3O/c1-15-9-18(11-19(25)10-15)22-14-27-13-21(17-4-3-16(2)23(29)12-17)24(22)28-7-5-20(26)6-8-28/h3-4,9-14,20,29H,5-8,26H2,1-2H3. The van der Waals surface area contributed by atoms with Crippen LogP contribution in [0.1, 0.15) is 24.0 Å². The molecule has 0 saturated carbocycles. The van der Waals surface area contributed by atoms with Gasteiger partial charge in [0.15, 0.2) is 0 Å². The predicted octanol–water partition coefficient (Wildman–Crippen LogP) is 4.80. The van der Waals surface area contributed by atoms with Crippen molar-refractivity contribution >= 4 is 5.69 Å². The van der Waals surface area contributed by atoms with Crippen molar-refractivity contribution in [2.45, 2.75) is 32.7 Å². The first-order valence-corrected chi connectivity index (χ1v) is 9.98. The van der Waals surface area contributed by atoms with Crippen LogP contribution >= 0.6 is 0 Å². The summed E-state index contributed by atoms with van der Waals surface area (Å²) in [6.45, 7) is 5.42. The second kappa shape index (κ2) is 7.84. The molecular weight excluding hydrogens is 365 g/mol. The summed E-state index contributed by atoms with van der Waals surface area (Å²) in [5.74, 6) is -0.00822. The van der Waals surface area contributed by atoms with Gasteiger partial charge in [-0.1, -0.05) is 18.2 Å². The van der Waals surface area contributed by atoms with Crippen LogP contribution in [0.5, 0.6) is 5.75 Å². The molecule has 1 fully saturated rings. The molecule has 0 unspecified atom stereocenters. The van der Waals surface area contributed by atoms with Crippen LogP contribution in [-0.4, -0.2) is 29.2 Å². The van der Waals surface area contributed by atoms with E-state index in [1.807, 2.05) is 38.2 Å². The molecule has 5 heteroatoms. The summed E-state index contributed by atoms with van der Waals surface area (Å²) in [6, 6.07) is 10.9. The van der Waals surface area contributed by atoms with Gasteiger partial charge in [0.25, 0.3) is 0 Å². The molecule has 0 spiro atoms. The molecule has 29 heavy (non-hydrogen) atoms. The zero-order valence-corrected chi connectivity index (χ0v) is 16.8. The molecule has 3 N–H and O–H groups in total. The van der Waals surface area contributed by atoms with Gasteiger partial charge in [-0.15, -0.1) is 0 Å². The van der Waals surface area contributed by atoms with E-state index in [1.54, 1.807) is 18.3 Å². The Kier molecular flexibility index (Phi) is 5.24. The second-order valence-corrected chi connectivity index (χ2v) is 7.93. The molecule has 0 amide bonds. The van der Waals surface area contributed by atoms with Crippen molar-refractivity contribution in [3.63, 3.8) is 0 Å². The average molecular weight is 391 g/mol. The molecule has 2 heterocycles. The molecular formula is C24H26FN3O. The lowest BCUT2D eigenvalue weighted by Crippen LogP contribution is -2.40. The summed E-state index contributed by atoms with van der Waals surface area (Å²) in [4.78, 5) is 6.78. The lowest BCUT2D eigenvalue weighted by Gasteiger charge is -2.35. The fourth-order valence-corrected chi connectivity index (χ4v) is 4.01. The quantitative estimate of drug-likeness (QED) is 0.673. The zero-order valence-electron chi connectivity index (χ0n) is 16.8. The molecule has 0 aliphatic carbocycles.